The zero-order chi connectivity index (χ0) is 15.2. The molecule has 21 heavy (non-hydrogen) atoms. The Kier molecular flexibility index (Phi) is 5.88. The van der Waals surface area contributed by atoms with Gasteiger partial charge in [-0.15, -0.1) is 0 Å². The minimum atomic E-state index is 0.668. The van der Waals surface area contributed by atoms with E-state index in [-0.39, 0.29) is 0 Å². The fraction of sp³-hybridized carbons (Fsp3) is 0.412. The van der Waals surface area contributed by atoms with Crippen LogP contribution in [0.15, 0.2) is 41.0 Å². The van der Waals surface area contributed by atoms with Gasteiger partial charge in [0.2, 0.25) is 0 Å². The molecule has 2 rings (SSSR count). The van der Waals surface area contributed by atoms with Crippen molar-refractivity contribution < 1.29 is 4.74 Å². The van der Waals surface area contributed by atoms with Crippen LogP contribution in [0.25, 0.3) is 0 Å². The predicted octanol–water partition coefficient (Wildman–Crippen LogP) is 4.05. The molecule has 114 valence electrons. The van der Waals surface area contributed by atoms with Gasteiger partial charge in [-0.25, -0.2) is 0 Å². The molecule has 0 unspecified atom stereocenters. The van der Waals surface area contributed by atoms with E-state index in [1.807, 2.05) is 12.1 Å². The highest BCUT2D eigenvalue weighted by Crippen LogP contribution is 2.23. The summed E-state index contributed by atoms with van der Waals surface area (Å²) in [5.41, 5.74) is 2.51. The van der Waals surface area contributed by atoms with E-state index in [2.05, 4.69) is 64.1 Å². The van der Waals surface area contributed by atoms with Gasteiger partial charge in [0.15, 0.2) is 0 Å². The molecule has 4 heteroatoms. The van der Waals surface area contributed by atoms with E-state index in [0.29, 0.717) is 5.92 Å². The van der Waals surface area contributed by atoms with Crippen molar-refractivity contribution in [3.63, 3.8) is 0 Å². The first-order valence-electron chi connectivity index (χ1n) is 7.27. The lowest BCUT2D eigenvalue weighted by Crippen LogP contribution is -2.21. The van der Waals surface area contributed by atoms with E-state index in [1.54, 1.807) is 7.11 Å². The lowest BCUT2D eigenvalue weighted by atomic mass is 10.2. The molecule has 0 aliphatic heterocycles. The largest absolute Gasteiger partial charge is 0.497 e. The number of hydrogen-bond donors (Lipinski definition) is 1. The van der Waals surface area contributed by atoms with Crippen LogP contribution in [-0.4, -0.2) is 18.2 Å². The van der Waals surface area contributed by atoms with E-state index >= 15 is 0 Å². The van der Waals surface area contributed by atoms with Crippen LogP contribution in [0.5, 0.6) is 5.75 Å². The van der Waals surface area contributed by atoms with Crippen LogP contribution < -0.4 is 10.1 Å². The Labute approximate surface area is 135 Å². The standard InChI is InChI=1S/C17H23BrN2O/c1-13(2)10-19-11-15-5-4-8-20(15)12-14-9-16(21-3)6-7-17(14)18/h4-9,13,19H,10-12H2,1-3H3. The summed E-state index contributed by atoms with van der Waals surface area (Å²) in [7, 11) is 1.70. The third kappa shape index (κ3) is 4.61. The predicted molar refractivity (Wildman–Crippen MR) is 90.8 cm³/mol. The van der Waals surface area contributed by atoms with Crippen LogP contribution in [0.3, 0.4) is 0 Å². The SMILES string of the molecule is COc1ccc(Br)c(Cn2cccc2CNCC(C)C)c1. The second kappa shape index (κ2) is 7.66. The Balaban J connectivity index is 2.08. The number of benzene rings is 1. The Hall–Kier alpha value is -1.26. The first-order chi connectivity index (χ1) is 10.1. The molecule has 0 atom stereocenters. The maximum absolute atomic E-state index is 5.31. The number of ether oxygens (including phenoxy) is 1. The summed E-state index contributed by atoms with van der Waals surface area (Å²) in [5, 5.41) is 3.49. The van der Waals surface area contributed by atoms with Crippen LogP contribution in [-0.2, 0) is 13.1 Å². The monoisotopic (exact) mass is 350 g/mol. The van der Waals surface area contributed by atoms with Crippen LogP contribution in [0, 0.1) is 5.92 Å². The summed E-state index contributed by atoms with van der Waals surface area (Å²) in [4.78, 5) is 0. The van der Waals surface area contributed by atoms with Crippen LogP contribution >= 0.6 is 15.9 Å². The van der Waals surface area contributed by atoms with E-state index in [9.17, 15) is 0 Å². The Morgan fingerprint density at radius 3 is 2.81 bits per heavy atom. The van der Waals surface area contributed by atoms with Crippen LogP contribution in [0.4, 0.5) is 0 Å². The third-order valence-corrected chi connectivity index (χ3v) is 4.15. The number of nitrogens with zero attached hydrogens (tertiary/aromatic N) is 1. The van der Waals surface area contributed by atoms with E-state index < -0.39 is 0 Å². The number of hydrogen-bond acceptors (Lipinski definition) is 2. The van der Waals surface area contributed by atoms with Gasteiger partial charge < -0.3 is 14.6 Å². The number of halogens is 1. The molecule has 0 radical (unpaired) electrons. The van der Waals surface area contributed by atoms with Crippen molar-refractivity contribution in [2.45, 2.75) is 26.9 Å². The molecule has 0 saturated carbocycles. The topological polar surface area (TPSA) is 26.2 Å². The smallest absolute Gasteiger partial charge is 0.119 e. The van der Waals surface area contributed by atoms with Gasteiger partial charge in [0.1, 0.15) is 5.75 Å². The summed E-state index contributed by atoms with van der Waals surface area (Å²) in [6.45, 7) is 7.21. The fourth-order valence-electron chi connectivity index (χ4n) is 2.24. The highest BCUT2D eigenvalue weighted by Gasteiger charge is 2.06. The zero-order valence-corrected chi connectivity index (χ0v) is 14.5. The molecule has 1 N–H and O–H groups in total. The molecular formula is C17H23BrN2O. The van der Waals surface area contributed by atoms with E-state index in [4.69, 9.17) is 4.74 Å². The van der Waals surface area contributed by atoms with Crippen molar-refractivity contribution in [1.29, 1.82) is 0 Å². The Morgan fingerprint density at radius 1 is 1.29 bits per heavy atom. The average Bonchev–Trinajstić information content (AvgIpc) is 2.88. The maximum atomic E-state index is 5.31. The van der Waals surface area contributed by atoms with Crippen LogP contribution in [0.1, 0.15) is 25.1 Å². The van der Waals surface area contributed by atoms with Gasteiger partial charge in [-0.05, 0) is 48.4 Å². The van der Waals surface area contributed by atoms with Gasteiger partial charge in [0.25, 0.3) is 0 Å². The molecule has 1 aromatic carbocycles. The normalized spacial score (nSPS) is 11.1. The summed E-state index contributed by atoms with van der Waals surface area (Å²) < 4.78 is 8.69. The number of rotatable bonds is 7. The van der Waals surface area contributed by atoms with Crippen molar-refractivity contribution >= 4 is 15.9 Å². The first kappa shape index (κ1) is 16.1. The second-order valence-electron chi connectivity index (χ2n) is 5.61. The summed E-state index contributed by atoms with van der Waals surface area (Å²) in [6.07, 6.45) is 2.12. The highest BCUT2D eigenvalue weighted by atomic mass is 79.9. The molecule has 0 spiro atoms. The van der Waals surface area contributed by atoms with Gasteiger partial charge >= 0.3 is 0 Å². The first-order valence-corrected chi connectivity index (χ1v) is 8.06. The van der Waals surface area contributed by atoms with Crippen molar-refractivity contribution in [2.24, 2.45) is 5.92 Å². The minimum absolute atomic E-state index is 0.668. The molecular weight excluding hydrogens is 328 g/mol. The van der Waals surface area contributed by atoms with Gasteiger partial charge in [-0.3, -0.25) is 0 Å². The molecule has 0 fully saturated rings. The molecule has 2 aromatic rings. The second-order valence-corrected chi connectivity index (χ2v) is 6.46. The summed E-state index contributed by atoms with van der Waals surface area (Å²) in [6, 6.07) is 10.3. The van der Waals surface area contributed by atoms with E-state index in [0.717, 1.165) is 29.9 Å². The average molecular weight is 351 g/mol. The van der Waals surface area contributed by atoms with Crippen molar-refractivity contribution in [1.82, 2.24) is 9.88 Å². The maximum Gasteiger partial charge on any atom is 0.119 e. The molecule has 1 aromatic heterocycles. The molecule has 1 heterocycles. The van der Waals surface area contributed by atoms with E-state index in [1.165, 1.54) is 11.3 Å². The molecule has 0 saturated heterocycles. The Bertz CT molecular complexity index is 578. The number of methoxy groups -OCH3 is 1. The lowest BCUT2D eigenvalue weighted by molar-refractivity contribution is 0.414. The molecule has 3 nitrogen and oxygen atoms in total. The third-order valence-electron chi connectivity index (χ3n) is 3.38. The fourth-order valence-corrected chi connectivity index (χ4v) is 2.61. The molecule has 0 aliphatic rings. The zero-order valence-electron chi connectivity index (χ0n) is 12.9. The Morgan fingerprint density at radius 2 is 2.10 bits per heavy atom. The minimum Gasteiger partial charge on any atom is -0.497 e. The summed E-state index contributed by atoms with van der Waals surface area (Å²) >= 11 is 3.62. The molecule has 0 amide bonds. The van der Waals surface area contributed by atoms with Gasteiger partial charge in [0, 0.05) is 29.5 Å². The highest BCUT2D eigenvalue weighted by molar-refractivity contribution is 9.10. The molecule has 0 aliphatic carbocycles. The van der Waals surface area contributed by atoms with Gasteiger partial charge in [-0.1, -0.05) is 29.8 Å². The van der Waals surface area contributed by atoms with Gasteiger partial charge in [0.05, 0.1) is 7.11 Å². The summed E-state index contributed by atoms with van der Waals surface area (Å²) in [5.74, 6) is 1.56. The quantitative estimate of drug-likeness (QED) is 0.814. The molecule has 0 bridgehead atoms. The van der Waals surface area contributed by atoms with Crippen molar-refractivity contribution in [3.05, 3.63) is 52.3 Å². The van der Waals surface area contributed by atoms with Gasteiger partial charge in [-0.2, -0.15) is 0 Å². The van der Waals surface area contributed by atoms with Crippen molar-refractivity contribution in [2.75, 3.05) is 13.7 Å². The van der Waals surface area contributed by atoms with Crippen LogP contribution in [0.2, 0.25) is 0 Å². The number of nitrogens with one attached hydrogen (secondary N) is 1. The van der Waals surface area contributed by atoms with Crippen molar-refractivity contribution in [3.8, 4) is 5.75 Å². The lowest BCUT2D eigenvalue weighted by Gasteiger charge is -2.13. The number of aromatic nitrogens is 1.